The van der Waals surface area contributed by atoms with Crippen LogP contribution in [-0.4, -0.2) is 38.8 Å². The second kappa shape index (κ2) is 7.64. The second-order valence-corrected chi connectivity index (χ2v) is 6.26. The van der Waals surface area contributed by atoms with Gasteiger partial charge in [-0.25, -0.2) is 0 Å². The fraction of sp³-hybridized carbons (Fsp3) is 0.412. The summed E-state index contributed by atoms with van der Waals surface area (Å²) in [6, 6.07) is 12.6. The average Bonchev–Trinajstić information content (AvgIpc) is 2.42. The normalized spacial score (nSPS) is 11.2. The lowest BCUT2D eigenvalue weighted by Crippen LogP contribution is -3.00. The summed E-state index contributed by atoms with van der Waals surface area (Å²) in [7, 11) is 6.60. The van der Waals surface area contributed by atoms with Gasteiger partial charge in [0.1, 0.15) is 5.75 Å². The maximum atomic E-state index is 5.83. The minimum Gasteiger partial charge on any atom is -1.00 e. The largest absolute Gasteiger partial charge is 1.00 e. The van der Waals surface area contributed by atoms with Crippen molar-refractivity contribution < 1.29 is 21.6 Å². The Bertz CT molecular complexity index is 579. The van der Waals surface area contributed by atoms with E-state index in [0.717, 1.165) is 35.4 Å². The maximum Gasteiger partial charge on any atom is 0.119 e. The van der Waals surface area contributed by atoms with Crippen molar-refractivity contribution in [3.05, 3.63) is 42.0 Å². The lowest BCUT2D eigenvalue weighted by Gasteiger charge is -2.23. The predicted octanol–water partition coefficient (Wildman–Crippen LogP) is -0.222. The number of nitrogens with two attached hydrogens (primary N) is 1. The van der Waals surface area contributed by atoms with Crippen LogP contribution in [0, 0.1) is 0 Å². The van der Waals surface area contributed by atoms with E-state index in [4.69, 9.17) is 10.5 Å². The van der Waals surface area contributed by atoms with E-state index in [9.17, 15) is 0 Å². The van der Waals surface area contributed by atoms with E-state index in [1.54, 1.807) is 0 Å². The third kappa shape index (κ3) is 5.54. The highest BCUT2D eigenvalue weighted by molar-refractivity contribution is 5.84. The summed E-state index contributed by atoms with van der Waals surface area (Å²) >= 11 is 0. The van der Waals surface area contributed by atoms with E-state index in [0.29, 0.717) is 6.54 Å². The third-order valence-electron chi connectivity index (χ3n) is 3.35. The molecule has 0 aromatic heterocycles. The number of hydrogen-bond acceptors (Lipinski definition) is 2. The molecule has 0 fully saturated rings. The van der Waals surface area contributed by atoms with Gasteiger partial charge in [-0.15, -0.1) is 0 Å². The summed E-state index contributed by atoms with van der Waals surface area (Å²) in [5.74, 6) is 0.944. The van der Waals surface area contributed by atoms with Crippen molar-refractivity contribution in [1.82, 2.24) is 0 Å². The van der Waals surface area contributed by atoms with Crippen molar-refractivity contribution in [3.63, 3.8) is 0 Å². The fourth-order valence-electron chi connectivity index (χ4n) is 2.22. The van der Waals surface area contributed by atoms with Crippen molar-refractivity contribution in [1.29, 1.82) is 0 Å². The molecule has 0 saturated heterocycles. The summed E-state index contributed by atoms with van der Waals surface area (Å²) in [5, 5.41) is 2.41. The molecule has 0 aliphatic carbocycles. The van der Waals surface area contributed by atoms with Crippen molar-refractivity contribution >= 4 is 10.8 Å². The molecule has 116 valence electrons. The number of fused-ring (bicyclic) bond motifs is 1. The van der Waals surface area contributed by atoms with E-state index in [2.05, 4.69) is 51.5 Å². The molecule has 2 rings (SSSR count). The van der Waals surface area contributed by atoms with E-state index < -0.39 is 0 Å². The molecule has 0 amide bonds. The van der Waals surface area contributed by atoms with Gasteiger partial charge < -0.3 is 27.4 Å². The van der Waals surface area contributed by atoms with Crippen LogP contribution < -0.4 is 22.9 Å². The molecular weight excluding hydrogens is 284 g/mol. The molecule has 2 aromatic rings. The van der Waals surface area contributed by atoms with Gasteiger partial charge in [-0.3, -0.25) is 0 Å². The Labute approximate surface area is 133 Å². The van der Waals surface area contributed by atoms with Crippen LogP contribution in [-0.2, 0) is 6.54 Å². The van der Waals surface area contributed by atoms with Gasteiger partial charge >= 0.3 is 0 Å². The Morgan fingerprint density at radius 2 is 1.67 bits per heavy atom. The van der Waals surface area contributed by atoms with E-state index >= 15 is 0 Å². The highest BCUT2D eigenvalue weighted by Gasteiger charge is 2.06. The number of ether oxygens (including phenoxy) is 1. The van der Waals surface area contributed by atoms with Crippen LogP contribution in [0.5, 0.6) is 5.75 Å². The summed E-state index contributed by atoms with van der Waals surface area (Å²) in [6.07, 6.45) is 1.06. The Morgan fingerprint density at radius 3 is 2.33 bits per heavy atom. The fourth-order valence-corrected chi connectivity index (χ4v) is 2.22. The maximum absolute atomic E-state index is 5.83. The molecule has 0 radical (unpaired) electrons. The van der Waals surface area contributed by atoms with Gasteiger partial charge in [0.15, 0.2) is 0 Å². The lowest BCUT2D eigenvalue weighted by molar-refractivity contribution is -0.870. The Hall–Kier alpha value is -1.29. The molecule has 0 unspecified atom stereocenters. The molecule has 0 saturated carbocycles. The van der Waals surface area contributed by atoms with Crippen molar-refractivity contribution in [2.45, 2.75) is 13.0 Å². The molecule has 21 heavy (non-hydrogen) atoms. The first kappa shape index (κ1) is 17.8. The molecule has 0 bridgehead atoms. The number of nitrogens with zero attached hydrogens (tertiary/aromatic N) is 1. The summed E-state index contributed by atoms with van der Waals surface area (Å²) in [5.41, 5.74) is 6.82. The highest BCUT2D eigenvalue weighted by atomic mass is 35.5. The van der Waals surface area contributed by atoms with Gasteiger partial charge in [0.2, 0.25) is 0 Å². The standard InChI is InChI=1S/C17H25N2O.ClH/c1-19(2,3)9-4-10-20-17-8-7-15-11-14(13-18)5-6-16(15)12-17;/h5-8,11-12H,4,9-10,13,18H2,1-3H3;1H/q+1;/p-1. The van der Waals surface area contributed by atoms with Crippen LogP contribution in [0.15, 0.2) is 36.4 Å². The number of rotatable bonds is 6. The van der Waals surface area contributed by atoms with Gasteiger partial charge in [-0.05, 0) is 34.5 Å². The van der Waals surface area contributed by atoms with Crippen molar-refractivity contribution in [3.8, 4) is 5.75 Å². The third-order valence-corrected chi connectivity index (χ3v) is 3.35. The Morgan fingerprint density at radius 1 is 1.00 bits per heavy atom. The Kier molecular flexibility index (Phi) is 6.46. The predicted molar refractivity (Wildman–Crippen MR) is 84.9 cm³/mol. The minimum absolute atomic E-state index is 0. The number of halogens is 1. The van der Waals surface area contributed by atoms with Crippen LogP contribution in [0.4, 0.5) is 0 Å². The monoisotopic (exact) mass is 308 g/mol. The first-order valence-electron chi connectivity index (χ1n) is 7.14. The molecule has 2 N–H and O–H groups in total. The zero-order chi connectivity index (χ0) is 14.6. The molecular formula is C17H25ClN2O. The van der Waals surface area contributed by atoms with E-state index in [1.165, 1.54) is 10.8 Å². The van der Waals surface area contributed by atoms with E-state index in [1.807, 2.05) is 6.07 Å². The molecule has 0 spiro atoms. The second-order valence-electron chi connectivity index (χ2n) is 6.26. The Balaban J connectivity index is 0.00000220. The summed E-state index contributed by atoms with van der Waals surface area (Å²) in [4.78, 5) is 0. The quantitative estimate of drug-likeness (QED) is 0.591. The molecule has 3 nitrogen and oxygen atoms in total. The molecule has 0 aliphatic rings. The number of hydrogen-bond donors (Lipinski definition) is 1. The van der Waals surface area contributed by atoms with Crippen LogP contribution in [0.25, 0.3) is 10.8 Å². The molecule has 0 atom stereocenters. The first-order valence-corrected chi connectivity index (χ1v) is 7.14. The number of benzene rings is 2. The number of quaternary nitrogens is 1. The average molecular weight is 309 g/mol. The summed E-state index contributed by atoms with van der Waals surface area (Å²) in [6.45, 7) is 2.47. The van der Waals surface area contributed by atoms with Gasteiger partial charge in [0, 0.05) is 13.0 Å². The summed E-state index contributed by atoms with van der Waals surface area (Å²) < 4.78 is 6.81. The van der Waals surface area contributed by atoms with Crippen molar-refractivity contribution in [2.75, 3.05) is 34.3 Å². The molecule has 2 aromatic carbocycles. The lowest BCUT2D eigenvalue weighted by atomic mass is 10.1. The van der Waals surface area contributed by atoms with E-state index in [-0.39, 0.29) is 12.4 Å². The van der Waals surface area contributed by atoms with Crippen LogP contribution in [0.3, 0.4) is 0 Å². The van der Waals surface area contributed by atoms with Gasteiger partial charge in [-0.2, -0.15) is 0 Å². The first-order chi connectivity index (χ1) is 9.48. The highest BCUT2D eigenvalue weighted by Crippen LogP contribution is 2.22. The van der Waals surface area contributed by atoms with Crippen LogP contribution in [0.2, 0.25) is 0 Å². The van der Waals surface area contributed by atoms with Crippen LogP contribution >= 0.6 is 0 Å². The molecule has 0 aliphatic heterocycles. The van der Waals surface area contributed by atoms with Gasteiger partial charge in [-0.1, -0.05) is 18.2 Å². The zero-order valence-electron chi connectivity index (χ0n) is 13.1. The topological polar surface area (TPSA) is 35.2 Å². The molecule has 4 heteroatoms. The van der Waals surface area contributed by atoms with Crippen molar-refractivity contribution in [2.24, 2.45) is 5.73 Å². The van der Waals surface area contributed by atoms with Gasteiger partial charge in [0.25, 0.3) is 0 Å². The molecule has 0 heterocycles. The zero-order valence-corrected chi connectivity index (χ0v) is 13.9. The van der Waals surface area contributed by atoms with Crippen LogP contribution in [0.1, 0.15) is 12.0 Å². The SMILES string of the molecule is C[N+](C)(C)CCCOc1ccc2cc(CN)ccc2c1.[Cl-]. The smallest absolute Gasteiger partial charge is 0.119 e. The minimum atomic E-state index is 0. The van der Waals surface area contributed by atoms with Gasteiger partial charge in [0.05, 0.1) is 34.3 Å².